The molecule has 0 spiro atoms. The highest BCUT2D eigenvalue weighted by atomic mass is 32.2. The smallest absolute Gasteiger partial charge is 0.252 e. The third kappa shape index (κ3) is 2.84. The number of carbonyl (C=O) groups is 1. The van der Waals surface area contributed by atoms with E-state index in [1.807, 2.05) is 11.8 Å². The Balaban J connectivity index is 2.16. The van der Waals surface area contributed by atoms with Crippen molar-refractivity contribution < 1.29 is 4.79 Å². The van der Waals surface area contributed by atoms with Crippen LogP contribution in [-0.4, -0.2) is 41.5 Å². The number of nitrogens with two attached hydrogens (primary N) is 2. The SMILES string of the molecule is CSC1(CN)CCN(c2ncccc2C(N)=O)CC1. The number of hydrogen-bond acceptors (Lipinski definition) is 5. The molecule has 1 amide bonds. The van der Waals surface area contributed by atoms with Crippen molar-refractivity contribution in [1.29, 1.82) is 0 Å². The summed E-state index contributed by atoms with van der Waals surface area (Å²) in [5.74, 6) is 0.269. The zero-order chi connectivity index (χ0) is 13.9. The Kier molecular flexibility index (Phi) is 4.31. The van der Waals surface area contributed by atoms with E-state index in [9.17, 15) is 4.79 Å². The average molecular weight is 280 g/mol. The number of thioether (sulfide) groups is 1. The van der Waals surface area contributed by atoms with E-state index in [2.05, 4.69) is 16.1 Å². The molecule has 0 aliphatic carbocycles. The fourth-order valence-electron chi connectivity index (χ4n) is 2.46. The molecule has 2 heterocycles. The number of carbonyl (C=O) groups excluding carboxylic acids is 1. The van der Waals surface area contributed by atoms with Gasteiger partial charge in [-0.15, -0.1) is 0 Å². The molecule has 1 aliphatic rings. The van der Waals surface area contributed by atoms with E-state index in [1.54, 1.807) is 18.3 Å². The van der Waals surface area contributed by atoms with Gasteiger partial charge in [0.05, 0.1) is 5.56 Å². The molecule has 0 bridgehead atoms. The molecule has 0 unspecified atom stereocenters. The standard InChI is InChI=1S/C13H20N4OS/c1-19-13(9-14)4-7-17(8-5-13)12-10(11(15)18)3-2-6-16-12/h2-3,6H,4-5,7-9,14H2,1H3,(H2,15,18). The Morgan fingerprint density at radius 3 is 2.74 bits per heavy atom. The third-order valence-electron chi connectivity index (χ3n) is 3.83. The van der Waals surface area contributed by atoms with Crippen molar-refractivity contribution >= 4 is 23.5 Å². The van der Waals surface area contributed by atoms with Crippen LogP contribution in [0.25, 0.3) is 0 Å². The summed E-state index contributed by atoms with van der Waals surface area (Å²) in [7, 11) is 0. The first-order valence-electron chi connectivity index (χ1n) is 6.37. The second-order valence-corrected chi connectivity index (χ2v) is 6.09. The van der Waals surface area contributed by atoms with E-state index in [4.69, 9.17) is 11.5 Å². The highest BCUT2D eigenvalue weighted by Crippen LogP contribution is 2.35. The van der Waals surface area contributed by atoms with Gasteiger partial charge in [-0.3, -0.25) is 4.79 Å². The maximum atomic E-state index is 11.4. The van der Waals surface area contributed by atoms with Crippen LogP contribution in [0.1, 0.15) is 23.2 Å². The molecular formula is C13H20N4OS. The van der Waals surface area contributed by atoms with E-state index in [0.717, 1.165) is 25.9 Å². The number of nitrogens with zero attached hydrogens (tertiary/aromatic N) is 2. The maximum absolute atomic E-state index is 11.4. The second kappa shape index (κ2) is 5.79. The molecule has 0 atom stereocenters. The number of rotatable bonds is 4. The third-order valence-corrected chi connectivity index (χ3v) is 5.27. The lowest BCUT2D eigenvalue weighted by molar-refractivity contribution is 0.100. The largest absolute Gasteiger partial charge is 0.365 e. The molecule has 104 valence electrons. The number of aromatic nitrogens is 1. The molecule has 1 aromatic heterocycles. The molecule has 1 saturated heterocycles. The van der Waals surface area contributed by atoms with Gasteiger partial charge in [-0.05, 0) is 31.2 Å². The first kappa shape index (κ1) is 14.1. The van der Waals surface area contributed by atoms with Crippen LogP contribution in [0.4, 0.5) is 5.82 Å². The van der Waals surface area contributed by atoms with Crippen molar-refractivity contribution in [1.82, 2.24) is 4.98 Å². The van der Waals surface area contributed by atoms with Crippen LogP contribution >= 0.6 is 11.8 Å². The Bertz CT molecular complexity index is 452. The highest BCUT2D eigenvalue weighted by molar-refractivity contribution is 8.00. The molecule has 6 heteroatoms. The number of anilines is 1. The van der Waals surface area contributed by atoms with Crippen LogP contribution in [0.3, 0.4) is 0 Å². The van der Waals surface area contributed by atoms with Gasteiger partial charge in [0.15, 0.2) is 0 Å². The molecular weight excluding hydrogens is 260 g/mol. The molecule has 4 N–H and O–H groups in total. The normalized spacial score (nSPS) is 18.3. The summed E-state index contributed by atoms with van der Waals surface area (Å²) < 4.78 is 0.165. The van der Waals surface area contributed by atoms with Crippen molar-refractivity contribution in [2.75, 3.05) is 30.8 Å². The molecule has 5 nitrogen and oxygen atoms in total. The van der Waals surface area contributed by atoms with Gasteiger partial charge in [0.1, 0.15) is 5.82 Å². The number of amides is 1. The molecule has 1 aliphatic heterocycles. The zero-order valence-electron chi connectivity index (χ0n) is 11.1. The average Bonchev–Trinajstić information content (AvgIpc) is 2.47. The predicted molar refractivity (Wildman–Crippen MR) is 79.5 cm³/mol. The van der Waals surface area contributed by atoms with Gasteiger partial charge < -0.3 is 16.4 Å². The van der Waals surface area contributed by atoms with Gasteiger partial charge in [-0.1, -0.05) is 0 Å². The van der Waals surface area contributed by atoms with E-state index in [-0.39, 0.29) is 4.75 Å². The number of primary amides is 1. The molecule has 0 aromatic carbocycles. The first-order chi connectivity index (χ1) is 9.12. The fraction of sp³-hybridized carbons (Fsp3) is 0.538. The van der Waals surface area contributed by atoms with Crippen molar-refractivity contribution in [2.45, 2.75) is 17.6 Å². The monoisotopic (exact) mass is 280 g/mol. The van der Waals surface area contributed by atoms with Gasteiger partial charge in [0.2, 0.25) is 0 Å². The quantitative estimate of drug-likeness (QED) is 0.853. The Labute approximate surface area is 117 Å². The molecule has 2 rings (SSSR count). The topological polar surface area (TPSA) is 85.2 Å². The molecule has 19 heavy (non-hydrogen) atoms. The molecule has 1 fully saturated rings. The van der Waals surface area contributed by atoms with Gasteiger partial charge in [-0.25, -0.2) is 4.98 Å². The van der Waals surface area contributed by atoms with Crippen molar-refractivity contribution in [3.63, 3.8) is 0 Å². The minimum absolute atomic E-state index is 0.165. The summed E-state index contributed by atoms with van der Waals surface area (Å²) in [6, 6.07) is 3.46. The van der Waals surface area contributed by atoms with Crippen molar-refractivity contribution in [2.24, 2.45) is 11.5 Å². The van der Waals surface area contributed by atoms with Gasteiger partial charge in [-0.2, -0.15) is 11.8 Å². The number of hydrogen-bond donors (Lipinski definition) is 2. The van der Waals surface area contributed by atoms with Crippen LogP contribution in [-0.2, 0) is 0 Å². The summed E-state index contributed by atoms with van der Waals surface area (Å²) in [4.78, 5) is 17.9. The van der Waals surface area contributed by atoms with E-state index >= 15 is 0 Å². The van der Waals surface area contributed by atoms with Crippen molar-refractivity contribution in [3.05, 3.63) is 23.9 Å². The summed E-state index contributed by atoms with van der Waals surface area (Å²) >= 11 is 1.84. The van der Waals surface area contributed by atoms with Crippen LogP contribution in [0.5, 0.6) is 0 Å². The summed E-state index contributed by atoms with van der Waals surface area (Å²) in [6.07, 6.45) is 5.80. The summed E-state index contributed by atoms with van der Waals surface area (Å²) in [6.45, 7) is 2.40. The lowest BCUT2D eigenvalue weighted by Gasteiger charge is -2.40. The van der Waals surface area contributed by atoms with Crippen molar-refractivity contribution in [3.8, 4) is 0 Å². The van der Waals surface area contributed by atoms with Gasteiger partial charge >= 0.3 is 0 Å². The zero-order valence-corrected chi connectivity index (χ0v) is 11.9. The second-order valence-electron chi connectivity index (χ2n) is 4.82. The Hall–Kier alpha value is -1.27. The van der Waals surface area contributed by atoms with Crippen LogP contribution in [0.15, 0.2) is 18.3 Å². The molecule has 0 saturated carbocycles. The lowest BCUT2D eigenvalue weighted by atomic mass is 9.95. The van der Waals surface area contributed by atoms with Gasteiger partial charge in [0.25, 0.3) is 5.91 Å². The van der Waals surface area contributed by atoms with E-state index in [1.165, 1.54) is 0 Å². The summed E-state index contributed by atoms with van der Waals surface area (Å²) in [5.41, 5.74) is 11.8. The number of pyridine rings is 1. The molecule has 1 aromatic rings. The van der Waals surface area contributed by atoms with E-state index < -0.39 is 5.91 Å². The lowest BCUT2D eigenvalue weighted by Crippen LogP contribution is -2.47. The Morgan fingerprint density at radius 2 is 2.21 bits per heavy atom. The Morgan fingerprint density at radius 1 is 1.53 bits per heavy atom. The minimum Gasteiger partial charge on any atom is -0.365 e. The first-order valence-corrected chi connectivity index (χ1v) is 7.59. The van der Waals surface area contributed by atoms with E-state index in [0.29, 0.717) is 17.9 Å². The minimum atomic E-state index is -0.427. The molecule has 0 radical (unpaired) electrons. The van der Waals surface area contributed by atoms with Gasteiger partial charge in [0, 0.05) is 30.6 Å². The van der Waals surface area contributed by atoms with Crippen LogP contribution in [0, 0.1) is 0 Å². The van der Waals surface area contributed by atoms with Crippen LogP contribution < -0.4 is 16.4 Å². The maximum Gasteiger partial charge on any atom is 0.252 e. The fourth-order valence-corrected chi connectivity index (χ4v) is 3.22. The predicted octanol–water partition coefficient (Wildman–Crippen LogP) is 0.841. The highest BCUT2D eigenvalue weighted by Gasteiger charge is 2.33. The summed E-state index contributed by atoms with van der Waals surface area (Å²) in [5, 5.41) is 0. The number of piperidine rings is 1. The van der Waals surface area contributed by atoms with Crippen LogP contribution in [0.2, 0.25) is 0 Å².